The number of thiophene rings is 1. The zero-order chi connectivity index (χ0) is 18.1. The summed E-state index contributed by atoms with van der Waals surface area (Å²) in [6.45, 7) is 5.62. The number of nitrogens with zero attached hydrogens (tertiary/aromatic N) is 3. The molecule has 3 aromatic rings. The van der Waals surface area contributed by atoms with E-state index in [1.54, 1.807) is 11.3 Å². The maximum absolute atomic E-state index is 12.3. The summed E-state index contributed by atoms with van der Waals surface area (Å²) >= 11 is 1.67. The second-order valence-corrected chi connectivity index (χ2v) is 8.02. The van der Waals surface area contributed by atoms with Gasteiger partial charge in [0.25, 0.3) is 0 Å². The summed E-state index contributed by atoms with van der Waals surface area (Å²) in [7, 11) is 0. The van der Waals surface area contributed by atoms with Crippen molar-refractivity contribution in [1.82, 2.24) is 15.0 Å². The Labute approximate surface area is 156 Å². The molecule has 1 atom stereocenters. The molecule has 0 radical (unpaired) electrons. The second-order valence-electron chi connectivity index (χ2n) is 6.99. The molecule has 1 amide bonds. The lowest BCUT2D eigenvalue weighted by Gasteiger charge is -2.14. The van der Waals surface area contributed by atoms with Crippen molar-refractivity contribution in [3.05, 3.63) is 58.1 Å². The molecule has 1 aliphatic rings. The number of amides is 1. The summed E-state index contributed by atoms with van der Waals surface area (Å²) in [5.74, 6) is 1.74. The Balaban J connectivity index is 1.47. The van der Waals surface area contributed by atoms with Gasteiger partial charge in [0.15, 0.2) is 0 Å². The Morgan fingerprint density at radius 3 is 2.77 bits per heavy atom. The fourth-order valence-electron chi connectivity index (χ4n) is 3.22. The summed E-state index contributed by atoms with van der Waals surface area (Å²) in [6.07, 6.45) is 0.430. The molecule has 1 aliphatic heterocycles. The van der Waals surface area contributed by atoms with Crippen molar-refractivity contribution in [2.45, 2.75) is 38.6 Å². The van der Waals surface area contributed by atoms with Crippen molar-refractivity contribution in [3.63, 3.8) is 0 Å². The molecule has 1 aromatic carbocycles. The zero-order valence-electron chi connectivity index (χ0n) is 14.9. The average Bonchev–Trinajstić information content (AvgIpc) is 3.37. The first-order valence-corrected chi connectivity index (χ1v) is 9.72. The van der Waals surface area contributed by atoms with Crippen molar-refractivity contribution in [1.29, 1.82) is 0 Å². The van der Waals surface area contributed by atoms with Gasteiger partial charge in [0.1, 0.15) is 0 Å². The van der Waals surface area contributed by atoms with Gasteiger partial charge in [0.05, 0.1) is 12.5 Å². The molecule has 4 rings (SSSR count). The maximum Gasteiger partial charge on any atom is 0.232 e. The molecule has 3 heterocycles. The van der Waals surface area contributed by atoms with Gasteiger partial charge in [-0.15, -0.1) is 11.3 Å². The van der Waals surface area contributed by atoms with E-state index >= 15 is 0 Å². The minimum atomic E-state index is -0.0290. The predicted molar refractivity (Wildman–Crippen MR) is 101 cm³/mol. The topological polar surface area (TPSA) is 59.2 Å². The number of hydrogen-bond donors (Lipinski definition) is 0. The first-order chi connectivity index (χ1) is 12.6. The molecule has 6 heteroatoms. The highest BCUT2D eigenvalue weighted by Crippen LogP contribution is 2.30. The lowest BCUT2D eigenvalue weighted by molar-refractivity contribution is -0.128. The third-order valence-corrected chi connectivity index (χ3v) is 5.63. The monoisotopic (exact) mass is 367 g/mol. The van der Waals surface area contributed by atoms with Crippen molar-refractivity contribution >= 4 is 17.2 Å². The number of carbonyl (C=O) groups excluding carboxylic acids is 1. The van der Waals surface area contributed by atoms with Crippen LogP contribution < -0.4 is 0 Å². The van der Waals surface area contributed by atoms with Gasteiger partial charge in [-0.25, -0.2) is 0 Å². The molecule has 26 heavy (non-hydrogen) atoms. The van der Waals surface area contributed by atoms with Crippen molar-refractivity contribution in [3.8, 4) is 11.4 Å². The summed E-state index contributed by atoms with van der Waals surface area (Å²) in [6, 6.07) is 12.3. The molecule has 5 nitrogen and oxygen atoms in total. The third-order valence-electron chi connectivity index (χ3n) is 4.77. The van der Waals surface area contributed by atoms with Gasteiger partial charge in [-0.2, -0.15) is 4.98 Å². The standard InChI is InChI=1S/C20H21N3O2S/c1-13(2)14-5-7-15(8-6-14)19-21-20(25-22-19)16-10-18(24)23(11-16)12-17-4-3-9-26-17/h3-9,13,16H,10-12H2,1-2H3. The Bertz CT molecular complexity index is 884. The van der Waals surface area contributed by atoms with E-state index in [1.165, 1.54) is 10.4 Å². The highest BCUT2D eigenvalue weighted by Gasteiger charge is 2.34. The fraction of sp³-hybridized carbons (Fsp3) is 0.350. The van der Waals surface area contributed by atoms with Crippen LogP contribution >= 0.6 is 11.3 Å². The van der Waals surface area contributed by atoms with Gasteiger partial charge in [0, 0.05) is 23.4 Å². The smallest absolute Gasteiger partial charge is 0.232 e. The van der Waals surface area contributed by atoms with Crippen molar-refractivity contribution in [2.75, 3.05) is 6.54 Å². The largest absolute Gasteiger partial charge is 0.339 e. The summed E-state index contributed by atoms with van der Waals surface area (Å²) in [4.78, 5) is 19.9. The van der Waals surface area contributed by atoms with E-state index in [2.05, 4.69) is 42.2 Å². The predicted octanol–water partition coefficient (Wildman–Crippen LogP) is 4.44. The Morgan fingerprint density at radius 1 is 1.27 bits per heavy atom. The Hall–Kier alpha value is -2.47. The van der Waals surface area contributed by atoms with E-state index in [4.69, 9.17) is 4.52 Å². The van der Waals surface area contributed by atoms with E-state index in [-0.39, 0.29) is 11.8 Å². The quantitative estimate of drug-likeness (QED) is 0.669. The van der Waals surface area contributed by atoms with Crippen LogP contribution in [0.5, 0.6) is 0 Å². The van der Waals surface area contributed by atoms with E-state index in [0.29, 0.717) is 37.1 Å². The number of aromatic nitrogens is 2. The van der Waals surface area contributed by atoms with Crippen LogP contribution in [-0.4, -0.2) is 27.5 Å². The van der Waals surface area contributed by atoms with Gasteiger partial charge in [-0.3, -0.25) is 4.79 Å². The Morgan fingerprint density at radius 2 is 2.08 bits per heavy atom. The average molecular weight is 367 g/mol. The molecule has 1 unspecified atom stereocenters. The van der Waals surface area contributed by atoms with E-state index in [9.17, 15) is 4.79 Å². The summed E-state index contributed by atoms with van der Waals surface area (Å²) < 4.78 is 5.48. The summed E-state index contributed by atoms with van der Waals surface area (Å²) in [5.41, 5.74) is 2.22. The molecular weight excluding hydrogens is 346 g/mol. The number of likely N-dealkylation sites (tertiary alicyclic amines) is 1. The van der Waals surface area contributed by atoms with Crippen LogP contribution in [0.3, 0.4) is 0 Å². The maximum atomic E-state index is 12.3. The molecular formula is C20H21N3O2S. The lowest BCUT2D eigenvalue weighted by atomic mass is 10.0. The van der Waals surface area contributed by atoms with Crippen LogP contribution in [0, 0.1) is 0 Å². The van der Waals surface area contributed by atoms with Crippen LogP contribution in [0.15, 0.2) is 46.3 Å². The van der Waals surface area contributed by atoms with Crippen LogP contribution in [0.25, 0.3) is 11.4 Å². The molecule has 1 saturated heterocycles. The van der Waals surface area contributed by atoms with E-state index < -0.39 is 0 Å². The summed E-state index contributed by atoms with van der Waals surface area (Å²) in [5, 5.41) is 6.15. The van der Waals surface area contributed by atoms with Gasteiger partial charge < -0.3 is 9.42 Å². The molecule has 1 fully saturated rings. The zero-order valence-corrected chi connectivity index (χ0v) is 15.7. The minimum absolute atomic E-state index is 0.0290. The van der Waals surface area contributed by atoms with Gasteiger partial charge in [-0.1, -0.05) is 49.3 Å². The highest BCUT2D eigenvalue weighted by molar-refractivity contribution is 7.09. The minimum Gasteiger partial charge on any atom is -0.339 e. The van der Waals surface area contributed by atoms with E-state index in [1.807, 2.05) is 28.5 Å². The van der Waals surface area contributed by atoms with E-state index in [0.717, 1.165) is 5.56 Å². The fourth-order valence-corrected chi connectivity index (χ4v) is 3.94. The van der Waals surface area contributed by atoms with Crippen LogP contribution in [0.4, 0.5) is 0 Å². The first-order valence-electron chi connectivity index (χ1n) is 8.84. The molecule has 0 saturated carbocycles. The molecule has 134 valence electrons. The lowest BCUT2D eigenvalue weighted by Crippen LogP contribution is -2.23. The SMILES string of the molecule is CC(C)c1ccc(-c2noc(C3CC(=O)N(Cc4cccs4)C3)n2)cc1. The third kappa shape index (κ3) is 3.42. The van der Waals surface area contributed by atoms with Crippen LogP contribution in [-0.2, 0) is 11.3 Å². The van der Waals surface area contributed by atoms with Crippen LogP contribution in [0.1, 0.15) is 48.4 Å². The molecule has 0 bridgehead atoms. The second kappa shape index (κ2) is 7.03. The number of benzene rings is 1. The highest BCUT2D eigenvalue weighted by atomic mass is 32.1. The number of hydrogen-bond acceptors (Lipinski definition) is 5. The van der Waals surface area contributed by atoms with Crippen molar-refractivity contribution in [2.24, 2.45) is 0 Å². The van der Waals surface area contributed by atoms with Crippen molar-refractivity contribution < 1.29 is 9.32 Å². The Kier molecular flexibility index (Phi) is 4.59. The first kappa shape index (κ1) is 17.0. The van der Waals surface area contributed by atoms with Gasteiger partial charge >= 0.3 is 0 Å². The van der Waals surface area contributed by atoms with Gasteiger partial charge in [-0.05, 0) is 22.9 Å². The molecule has 0 aliphatic carbocycles. The number of carbonyl (C=O) groups is 1. The molecule has 0 spiro atoms. The number of rotatable bonds is 5. The van der Waals surface area contributed by atoms with Gasteiger partial charge in [0.2, 0.25) is 17.6 Å². The normalized spacial score (nSPS) is 17.4. The molecule has 2 aromatic heterocycles. The molecule has 0 N–H and O–H groups in total. The van der Waals surface area contributed by atoms with Crippen LogP contribution in [0.2, 0.25) is 0 Å².